The predicted octanol–water partition coefficient (Wildman–Crippen LogP) is 1.86. The number of halogens is 1. The highest BCUT2D eigenvalue weighted by atomic mass is 35.6. The molecule has 3 nitrogen and oxygen atoms in total. The fourth-order valence-electron chi connectivity index (χ4n) is 0.824. The molecule has 0 N–H and O–H groups in total. The van der Waals surface area contributed by atoms with Gasteiger partial charge in [0.05, 0.1) is 0 Å². The summed E-state index contributed by atoms with van der Waals surface area (Å²) in [6, 6.07) is 3.81. The van der Waals surface area contributed by atoms with Gasteiger partial charge in [-0.3, -0.25) is 4.98 Å². The summed E-state index contributed by atoms with van der Waals surface area (Å²) >= 11 is -1.93. The maximum atomic E-state index is 5.80. The van der Waals surface area contributed by atoms with Crippen LogP contribution in [0.15, 0.2) is 24.5 Å². The third kappa shape index (κ3) is 4.61. The minimum atomic E-state index is -1.93. The van der Waals surface area contributed by atoms with Crippen LogP contribution in [0.2, 0.25) is 0 Å². The maximum absolute atomic E-state index is 5.80. The summed E-state index contributed by atoms with van der Waals surface area (Å²) in [6.45, 7) is 2.98. The van der Waals surface area contributed by atoms with Crippen molar-refractivity contribution in [1.29, 1.82) is 0 Å². The molecule has 0 aliphatic carbocycles. The van der Waals surface area contributed by atoms with Gasteiger partial charge in [-0.25, -0.2) is 0 Å². The summed E-state index contributed by atoms with van der Waals surface area (Å²) in [5.74, 6) is 0. The van der Waals surface area contributed by atoms with Crippen molar-refractivity contribution >= 4 is 23.9 Å². The lowest BCUT2D eigenvalue weighted by molar-refractivity contribution is 0.214. The minimum absolute atomic E-state index is 0.480. The first-order valence-corrected chi connectivity index (χ1v) is 6.78. The molecule has 5 heteroatoms. The van der Waals surface area contributed by atoms with Crippen LogP contribution in [0.25, 0.3) is 0 Å². The first kappa shape index (κ1) is 11.0. The summed E-state index contributed by atoms with van der Waals surface area (Å²) < 4.78 is 10.4. The van der Waals surface area contributed by atoms with Crippen molar-refractivity contribution in [3.63, 3.8) is 0 Å². The van der Waals surface area contributed by atoms with Crippen LogP contribution in [-0.2, 0) is 14.2 Å². The van der Waals surface area contributed by atoms with Gasteiger partial charge < -0.3 is 7.58 Å². The zero-order valence-corrected chi connectivity index (χ0v) is 9.35. The molecule has 0 spiro atoms. The van der Waals surface area contributed by atoms with E-state index in [4.69, 9.17) is 17.6 Å². The molecule has 1 rings (SSSR count). The highest BCUT2D eigenvalue weighted by molar-refractivity contribution is 6.99. The van der Waals surface area contributed by atoms with Gasteiger partial charge in [-0.2, -0.15) is 10.0 Å². The molecule has 0 aromatic carbocycles. The lowest BCUT2D eigenvalue weighted by Crippen LogP contribution is -2.15. The van der Waals surface area contributed by atoms with E-state index in [2.05, 4.69) is 4.98 Å². The molecular formula is C8H11AlClNO2. The van der Waals surface area contributed by atoms with Crippen LogP contribution in [-0.4, -0.2) is 25.5 Å². The van der Waals surface area contributed by atoms with E-state index in [1.807, 2.05) is 19.1 Å². The SMILES string of the molecule is CC[O][Al]([Cl])[O]Cc1cccnc1. The van der Waals surface area contributed by atoms with E-state index in [9.17, 15) is 0 Å². The molecule has 13 heavy (non-hydrogen) atoms. The van der Waals surface area contributed by atoms with Gasteiger partial charge >= 0.3 is 13.9 Å². The van der Waals surface area contributed by atoms with E-state index >= 15 is 0 Å². The lowest BCUT2D eigenvalue weighted by atomic mass is 10.3. The number of pyridine rings is 1. The average molecular weight is 216 g/mol. The van der Waals surface area contributed by atoms with Crippen molar-refractivity contribution in [2.75, 3.05) is 6.61 Å². The van der Waals surface area contributed by atoms with Gasteiger partial charge in [0.1, 0.15) is 0 Å². The van der Waals surface area contributed by atoms with Crippen LogP contribution in [0.3, 0.4) is 0 Å². The van der Waals surface area contributed by atoms with Crippen molar-refractivity contribution in [2.45, 2.75) is 13.5 Å². The second-order valence-corrected chi connectivity index (χ2v) is 4.69. The first-order chi connectivity index (χ1) is 6.33. The number of rotatable bonds is 5. The highest BCUT2D eigenvalue weighted by Gasteiger charge is 2.21. The molecule has 0 unspecified atom stereocenters. The molecule has 0 saturated heterocycles. The molecule has 1 aromatic heterocycles. The number of hydrogen-bond donors (Lipinski definition) is 0. The van der Waals surface area contributed by atoms with Crippen LogP contribution in [0.4, 0.5) is 0 Å². The van der Waals surface area contributed by atoms with Gasteiger partial charge in [-0.05, 0) is 18.6 Å². The van der Waals surface area contributed by atoms with Gasteiger partial charge in [-0.1, -0.05) is 6.07 Å². The van der Waals surface area contributed by atoms with E-state index < -0.39 is 13.9 Å². The van der Waals surface area contributed by atoms with Crippen molar-refractivity contribution in [3.8, 4) is 0 Å². The maximum Gasteiger partial charge on any atom is 0.813 e. The molecule has 70 valence electrons. The van der Waals surface area contributed by atoms with Crippen LogP contribution in [0.1, 0.15) is 12.5 Å². The number of aromatic nitrogens is 1. The Kier molecular flexibility index (Phi) is 5.37. The topological polar surface area (TPSA) is 31.4 Å². The fourth-order valence-corrected chi connectivity index (χ4v) is 2.07. The van der Waals surface area contributed by atoms with Crippen molar-refractivity contribution in [1.82, 2.24) is 4.98 Å². The second kappa shape index (κ2) is 6.36. The summed E-state index contributed by atoms with van der Waals surface area (Å²) in [4.78, 5) is 3.96. The molecule has 0 bridgehead atoms. The summed E-state index contributed by atoms with van der Waals surface area (Å²) in [7, 11) is 5.80. The second-order valence-electron chi connectivity index (χ2n) is 2.40. The van der Waals surface area contributed by atoms with E-state index in [-0.39, 0.29) is 0 Å². The van der Waals surface area contributed by atoms with Crippen LogP contribution in [0, 0.1) is 0 Å². The Hall–Kier alpha value is -0.108. The van der Waals surface area contributed by atoms with Crippen LogP contribution >= 0.6 is 10.0 Å². The number of nitrogens with zero attached hydrogens (tertiary/aromatic N) is 1. The largest absolute Gasteiger partial charge is 0.813 e. The fraction of sp³-hybridized carbons (Fsp3) is 0.375. The smallest absolute Gasteiger partial charge is 0.466 e. The Morgan fingerprint density at radius 2 is 2.38 bits per heavy atom. The van der Waals surface area contributed by atoms with E-state index in [0.717, 1.165) is 5.56 Å². The summed E-state index contributed by atoms with van der Waals surface area (Å²) in [5.41, 5.74) is 1.01. The highest BCUT2D eigenvalue weighted by Crippen LogP contribution is 2.02. The average Bonchev–Trinajstić information content (AvgIpc) is 2.17. The molecule has 0 atom stereocenters. The Labute approximate surface area is 86.9 Å². The van der Waals surface area contributed by atoms with Crippen molar-refractivity contribution in [2.24, 2.45) is 0 Å². The minimum Gasteiger partial charge on any atom is -0.466 e. The molecule has 0 fully saturated rings. The first-order valence-electron chi connectivity index (χ1n) is 4.09. The quantitative estimate of drug-likeness (QED) is 0.703. The molecule has 0 aliphatic heterocycles. The molecule has 1 aromatic rings. The van der Waals surface area contributed by atoms with Gasteiger partial charge in [0, 0.05) is 25.6 Å². The summed E-state index contributed by atoms with van der Waals surface area (Å²) in [6.07, 6.45) is 3.48. The van der Waals surface area contributed by atoms with Crippen molar-refractivity contribution < 1.29 is 7.58 Å². The molecule has 1 heterocycles. The predicted molar refractivity (Wildman–Crippen MR) is 52.3 cm³/mol. The molecule has 0 saturated carbocycles. The van der Waals surface area contributed by atoms with Gasteiger partial charge in [0.25, 0.3) is 0 Å². The van der Waals surface area contributed by atoms with Gasteiger partial charge in [0.15, 0.2) is 0 Å². The lowest BCUT2D eigenvalue weighted by Gasteiger charge is -2.05. The Morgan fingerprint density at radius 1 is 1.54 bits per heavy atom. The molecular weight excluding hydrogens is 205 g/mol. The number of hydrogen-bond acceptors (Lipinski definition) is 3. The Morgan fingerprint density at radius 3 is 3.00 bits per heavy atom. The molecule has 0 amide bonds. The Balaban J connectivity index is 2.27. The van der Waals surface area contributed by atoms with E-state index in [1.165, 1.54) is 0 Å². The van der Waals surface area contributed by atoms with Gasteiger partial charge in [-0.15, -0.1) is 0 Å². The third-order valence-electron chi connectivity index (χ3n) is 1.40. The zero-order chi connectivity index (χ0) is 9.52. The normalized spacial score (nSPS) is 10.0. The van der Waals surface area contributed by atoms with Crippen LogP contribution in [0.5, 0.6) is 0 Å². The standard InChI is InChI=1S/C6H6NO.C2H5O.Al.ClH/c8-5-6-2-1-3-7-4-6;1-2-3;;/h1-4H,5H2;2H2,1H3;;1H/q2*-1;+3;/p-1. The van der Waals surface area contributed by atoms with E-state index in [0.29, 0.717) is 13.2 Å². The van der Waals surface area contributed by atoms with E-state index in [1.54, 1.807) is 12.4 Å². The summed E-state index contributed by atoms with van der Waals surface area (Å²) in [5, 5.41) is 0. The monoisotopic (exact) mass is 215 g/mol. The van der Waals surface area contributed by atoms with Gasteiger partial charge in [0.2, 0.25) is 0 Å². The van der Waals surface area contributed by atoms with Crippen molar-refractivity contribution in [3.05, 3.63) is 30.1 Å². The molecule has 0 aliphatic rings. The van der Waals surface area contributed by atoms with Crippen LogP contribution < -0.4 is 0 Å². The zero-order valence-electron chi connectivity index (χ0n) is 7.44. The Bertz CT molecular complexity index is 235. The molecule has 0 radical (unpaired) electrons. The third-order valence-corrected chi connectivity index (χ3v) is 3.18.